The summed E-state index contributed by atoms with van der Waals surface area (Å²) >= 11 is 0. The van der Waals surface area contributed by atoms with Gasteiger partial charge in [-0.05, 0) is 25.0 Å². The van der Waals surface area contributed by atoms with Crippen molar-refractivity contribution in [3.8, 4) is 5.75 Å². The second-order valence-corrected chi connectivity index (χ2v) is 4.92. The molecule has 1 aromatic carbocycles. The van der Waals surface area contributed by atoms with Crippen LogP contribution in [0.2, 0.25) is 0 Å². The van der Waals surface area contributed by atoms with Gasteiger partial charge >= 0.3 is 6.03 Å². The molecule has 2 amide bonds. The molecule has 0 radical (unpaired) electrons. The zero-order valence-corrected chi connectivity index (χ0v) is 11.3. The van der Waals surface area contributed by atoms with Crippen LogP contribution in [0.1, 0.15) is 25.7 Å². The zero-order valence-electron chi connectivity index (χ0n) is 11.3. The first kappa shape index (κ1) is 14.2. The third kappa shape index (κ3) is 4.46. The van der Waals surface area contributed by atoms with E-state index in [1.54, 1.807) is 24.3 Å². The molecule has 1 fully saturated rings. The third-order valence-corrected chi connectivity index (χ3v) is 3.18. The number of hydrogen-bond acceptors (Lipinski definition) is 3. The Bertz CT molecular complexity index is 484. The van der Waals surface area contributed by atoms with Gasteiger partial charge in [-0.3, -0.25) is 5.41 Å². The number of rotatable bonds is 5. The van der Waals surface area contributed by atoms with Crippen molar-refractivity contribution in [1.82, 2.24) is 5.32 Å². The lowest BCUT2D eigenvalue weighted by Crippen LogP contribution is -2.36. The summed E-state index contributed by atoms with van der Waals surface area (Å²) in [6.45, 7) is 0.0394. The van der Waals surface area contributed by atoms with Gasteiger partial charge in [-0.15, -0.1) is 0 Å². The van der Waals surface area contributed by atoms with Crippen LogP contribution in [-0.2, 0) is 0 Å². The average molecular weight is 276 g/mol. The Morgan fingerprint density at radius 1 is 1.40 bits per heavy atom. The van der Waals surface area contributed by atoms with E-state index in [2.05, 4.69) is 10.6 Å². The van der Waals surface area contributed by atoms with Gasteiger partial charge in [0.25, 0.3) is 0 Å². The molecule has 1 saturated carbocycles. The maximum absolute atomic E-state index is 11.8. The number of carbonyl (C=O) groups is 1. The van der Waals surface area contributed by atoms with Gasteiger partial charge in [-0.25, -0.2) is 4.79 Å². The molecule has 2 rings (SSSR count). The lowest BCUT2D eigenvalue weighted by molar-refractivity contribution is 0.248. The Balaban J connectivity index is 1.86. The maximum Gasteiger partial charge on any atom is 0.319 e. The van der Waals surface area contributed by atoms with E-state index >= 15 is 0 Å². The van der Waals surface area contributed by atoms with E-state index in [-0.39, 0.29) is 24.5 Å². The second kappa shape index (κ2) is 6.79. The predicted molar refractivity (Wildman–Crippen MR) is 78.3 cm³/mol. The van der Waals surface area contributed by atoms with Crippen molar-refractivity contribution in [2.75, 3.05) is 11.9 Å². The summed E-state index contributed by atoms with van der Waals surface area (Å²) in [6.07, 6.45) is 4.46. The van der Waals surface area contributed by atoms with Crippen molar-refractivity contribution in [1.29, 1.82) is 5.41 Å². The minimum Gasteiger partial charge on any atom is -0.486 e. The summed E-state index contributed by atoms with van der Waals surface area (Å²) < 4.78 is 5.30. The molecule has 20 heavy (non-hydrogen) atoms. The molecule has 0 aromatic heterocycles. The number of anilines is 1. The zero-order chi connectivity index (χ0) is 14.4. The molecule has 0 saturated heterocycles. The lowest BCUT2D eigenvalue weighted by Gasteiger charge is -2.13. The van der Waals surface area contributed by atoms with Crippen LogP contribution in [0.25, 0.3) is 0 Å². The quantitative estimate of drug-likeness (QED) is 0.489. The molecule has 6 heteroatoms. The van der Waals surface area contributed by atoms with Gasteiger partial charge in [0.15, 0.2) is 0 Å². The maximum atomic E-state index is 11.8. The van der Waals surface area contributed by atoms with Crippen LogP contribution in [0.5, 0.6) is 5.75 Å². The molecule has 0 aliphatic heterocycles. The van der Waals surface area contributed by atoms with Crippen molar-refractivity contribution in [3.05, 3.63) is 24.3 Å². The topological polar surface area (TPSA) is 100 Å². The molecule has 5 N–H and O–H groups in total. The van der Waals surface area contributed by atoms with Crippen LogP contribution >= 0.6 is 0 Å². The van der Waals surface area contributed by atoms with Crippen LogP contribution in [0.4, 0.5) is 10.5 Å². The molecule has 1 aliphatic rings. The fourth-order valence-corrected chi connectivity index (χ4v) is 2.25. The summed E-state index contributed by atoms with van der Waals surface area (Å²) in [4.78, 5) is 11.8. The smallest absolute Gasteiger partial charge is 0.319 e. The Hall–Kier alpha value is -2.24. The molecule has 0 unspecified atom stereocenters. The fraction of sp³-hybridized carbons (Fsp3) is 0.429. The van der Waals surface area contributed by atoms with Crippen molar-refractivity contribution in [2.45, 2.75) is 31.7 Å². The highest BCUT2D eigenvalue weighted by Crippen LogP contribution is 2.19. The minimum absolute atomic E-state index is 0.0394. The Labute approximate surface area is 118 Å². The van der Waals surface area contributed by atoms with Gasteiger partial charge in [0.05, 0.1) is 0 Å². The van der Waals surface area contributed by atoms with Crippen LogP contribution < -0.4 is 21.1 Å². The highest BCUT2D eigenvalue weighted by molar-refractivity contribution is 5.89. The summed E-state index contributed by atoms with van der Waals surface area (Å²) in [5, 5.41) is 12.8. The molecular weight excluding hydrogens is 256 g/mol. The van der Waals surface area contributed by atoms with Crippen LogP contribution in [0, 0.1) is 5.41 Å². The summed E-state index contributed by atoms with van der Waals surface area (Å²) in [6, 6.07) is 7.11. The second-order valence-electron chi connectivity index (χ2n) is 4.92. The fourth-order valence-electron chi connectivity index (χ4n) is 2.25. The molecule has 6 nitrogen and oxygen atoms in total. The molecule has 1 aliphatic carbocycles. The summed E-state index contributed by atoms with van der Waals surface area (Å²) in [5.41, 5.74) is 5.88. The van der Waals surface area contributed by atoms with E-state index in [1.165, 1.54) is 12.8 Å². The van der Waals surface area contributed by atoms with Gasteiger partial charge in [0.2, 0.25) is 0 Å². The van der Waals surface area contributed by atoms with Crippen molar-refractivity contribution in [3.63, 3.8) is 0 Å². The molecule has 108 valence electrons. The standard InChI is InChI=1S/C14H20N4O2/c15-13(16)9-20-12-7-3-6-11(8-12)18-14(19)17-10-4-1-2-5-10/h3,6-8,10H,1-2,4-5,9H2,(H3,15,16)(H2,17,18,19). The van der Waals surface area contributed by atoms with E-state index in [1.807, 2.05) is 0 Å². The van der Waals surface area contributed by atoms with E-state index in [4.69, 9.17) is 15.9 Å². The van der Waals surface area contributed by atoms with Gasteiger partial charge in [-0.1, -0.05) is 18.9 Å². The number of urea groups is 1. The molecule has 0 heterocycles. The predicted octanol–water partition coefficient (Wildman–Crippen LogP) is 2.07. The highest BCUT2D eigenvalue weighted by atomic mass is 16.5. The number of carbonyl (C=O) groups excluding carboxylic acids is 1. The highest BCUT2D eigenvalue weighted by Gasteiger charge is 2.16. The Morgan fingerprint density at radius 3 is 2.85 bits per heavy atom. The number of nitrogens with one attached hydrogen (secondary N) is 3. The number of hydrogen-bond donors (Lipinski definition) is 4. The van der Waals surface area contributed by atoms with Crippen LogP contribution in [0.3, 0.4) is 0 Å². The molecule has 0 atom stereocenters. The van der Waals surface area contributed by atoms with E-state index in [0.29, 0.717) is 11.4 Å². The first-order valence-electron chi connectivity index (χ1n) is 6.77. The van der Waals surface area contributed by atoms with Gasteiger partial charge in [-0.2, -0.15) is 0 Å². The van der Waals surface area contributed by atoms with Gasteiger partial charge < -0.3 is 21.1 Å². The first-order valence-corrected chi connectivity index (χ1v) is 6.77. The van der Waals surface area contributed by atoms with Crippen molar-refractivity contribution < 1.29 is 9.53 Å². The number of amidine groups is 1. The molecule has 0 spiro atoms. The normalized spacial score (nSPS) is 14.8. The summed E-state index contributed by atoms with van der Waals surface area (Å²) in [7, 11) is 0. The van der Waals surface area contributed by atoms with Crippen LogP contribution in [-0.4, -0.2) is 24.5 Å². The van der Waals surface area contributed by atoms with Crippen molar-refractivity contribution >= 4 is 17.6 Å². The molecule has 1 aromatic rings. The van der Waals surface area contributed by atoms with Gasteiger partial charge in [0.1, 0.15) is 18.2 Å². The van der Waals surface area contributed by atoms with Crippen molar-refractivity contribution in [2.24, 2.45) is 5.73 Å². The monoisotopic (exact) mass is 276 g/mol. The van der Waals surface area contributed by atoms with Gasteiger partial charge in [0, 0.05) is 17.8 Å². The molecular formula is C14H20N4O2. The number of amides is 2. The average Bonchev–Trinajstić information content (AvgIpc) is 2.89. The number of benzene rings is 1. The number of nitrogens with two attached hydrogens (primary N) is 1. The SMILES string of the molecule is N=C(N)COc1cccc(NC(=O)NC2CCCC2)c1. The van der Waals surface area contributed by atoms with E-state index in [9.17, 15) is 4.79 Å². The summed E-state index contributed by atoms with van der Waals surface area (Å²) in [5.74, 6) is 0.529. The Kier molecular flexibility index (Phi) is 4.81. The van der Waals surface area contributed by atoms with Crippen LogP contribution in [0.15, 0.2) is 24.3 Å². The van der Waals surface area contributed by atoms with E-state index in [0.717, 1.165) is 12.8 Å². The lowest BCUT2D eigenvalue weighted by atomic mass is 10.2. The number of ether oxygens (including phenoxy) is 1. The minimum atomic E-state index is -0.194. The third-order valence-electron chi connectivity index (χ3n) is 3.18. The Morgan fingerprint density at radius 2 is 2.15 bits per heavy atom. The van der Waals surface area contributed by atoms with E-state index < -0.39 is 0 Å². The largest absolute Gasteiger partial charge is 0.486 e. The molecule has 0 bridgehead atoms. The first-order chi connectivity index (χ1) is 9.63.